The van der Waals surface area contributed by atoms with E-state index in [1.165, 1.54) is 30.0 Å². The maximum absolute atomic E-state index is 10.8. The van der Waals surface area contributed by atoms with Crippen LogP contribution in [0.15, 0.2) is 42.0 Å². The number of benzene rings is 1. The van der Waals surface area contributed by atoms with Gasteiger partial charge in [-0.25, -0.2) is 4.79 Å². The number of allylic oxidation sites excluding steroid dienone is 5. The molecule has 0 fully saturated rings. The molecule has 0 atom stereocenters. The third-order valence-electron chi connectivity index (χ3n) is 5.90. The smallest absolute Gasteiger partial charge is 0.328 e. The number of carbonyl (C=O) groups is 1. The Kier molecular flexibility index (Phi) is 7.15. The van der Waals surface area contributed by atoms with Crippen molar-refractivity contribution in [3.05, 3.63) is 58.7 Å². The highest BCUT2D eigenvalue weighted by Crippen LogP contribution is 2.48. The SMILES string of the molecule is CCCOc1cc2c(cc1/C(C)=C/C=C/C(C)=C/C(=O)O)C(C)(C)CCC2(C)C. The Morgan fingerprint density at radius 3 is 2.24 bits per heavy atom. The van der Waals surface area contributed by atoms with Crippen molar-refractivity contribution in [2.75, 3.05) is 6.61 Å². The van der Waals surface area contributed by atoms with Crippen LogP contribution in [0.3, 0.4) is 0 Å². The molecule has 3 nitrogen and oxygen atoms in total. The third kappa shape index (κ3) is 5.62. The Bertz CT molecular complexity index is 851. The van der Waals surface area contributed by atoms with Crippen LogP contribution < -0.4 is 4.74 Å². The van der Waals surface area contributed by atoms with Crippen molar-refractivity contribution < 1.29 is 14.6 Å². The van der Waals surface area contributed by atoms with Crippen molar-refractivity contribution in [3.8, 4) is 5.75 Å². The monoisotopic (exact) mass is 396 g/mol. The first-order valence-electron chi connectivity index (χ1n) is 10.6. The second kappa shape index (κ2) is 9.02. The van der Waals surface area contributed by atoms with E-state index in [-0.39, 0.29) is 10.8 Å². The highest BCUT2D eigenvalue weighted by molar-refractivity contribution is 5.81. The van der Waals surface area contributed by atoms with E-state index in [0.717, 1.165) is 23.3 Å². The summed E-state index contributed by atoms with van der Waals surface area (Å²) in [7, 11) is 0. The molecule has 0 heterocycles. The number of hydrogen-bond donors (Lipinski definition) is 1. The van der Waals surface area contributed by atoms with Gasteiger partial charge in [-0.3, -0.25) is 0 Å². The molecule has 0 aromatic heterocycles. The Hall–Kier alpha value is -2.29. The van der Waals surface area contributed by atoms with E-state index < -0.39 is 5.97 Å². The standard InChI is InChI=1S/C26H36O3/c1-8-14-29-23-17-22-21(25(4,5)12-13-26(22,6)7)16-20(23)19(3)11-9-10-18(2)15-24(27)28/h9-11,15-17H,8,12-14H2,1-7H3,(H,27,28)/b10-9+,18-15+,19-11+. The molecule has 0 radical (unpaired) electrons. The molecule has 0 amide bonds. The van der Waals surface area contributed by atoms with Gasteiger partial charge in [-0.1, -0.05) is 52.8 Å². The molecule has 0 aliphatic heterocycles. The third-order valence-corrected chi connectivity index (χ3v) is 5.90. The van der Waals surface area contributed by atoms with Crippen molar-refractivity contribution in [1.82, 2.24) is 0 Å². The van der Waals surface area contributed by atoms with E-state index >= 15 is 0 Å². The van der Waals surface area contributed by atoms with Gasteiger partial charge in [-0.15, -0.1) is 0 Å². The van der Waals surface area contributed by atoms with Gasteiger partial charge < -0.3 is 9.84 Å². The number of hydrogen-bond acceptors (Lipinski definition) is 2. The Labute approximate surface area is 176 Å². The predicted molar refractivity (Wildman–Crippen MR) is 122 cm³/mol. The lowest BCUT2D eigenvalue weighted by molar-refractivity contribution is -0.131. The van der Waals surface area contributed by atoms with E-state index in [1.54, 1.807) is 6.92 Å². The fraction of sp³-hybridized carbons (Fsp3) is 0.500. The van der Waals surface area contributed by atoms with Crippen LogP contribution in [0.4, 0.5) is 0 Å². The summed E-state index contributed by atoms with van der Waals surface area (Å²) in [5.41, 5.74) is 6.02. The van der Waals surface area contributed by atoms with E-state index in [2.05, 4.69) is 53.7 Å². The maximum atomic E-state index is 10.8. The van der Waals surface area contributed by atoms with Gasteiger partial charge in [0, 0.05) is 11.6 Å². The summed E-state index contributed by atoms with van der Waals surface area (Å²) in [5, 5.41) is 8.85. The lowest BCUT2D eigenvalue weighted by Gasteiger charge is -2.42. The second-order valence-electron chi connectivity index (χ2n) is 9.45. The van der Waals surface area contributed by atoms with Crippen LogP contribution in [0.5, 0.6) is 5.75 Å². The van der Waals surface area contributed by atoms with Crippen molar-refractivity contribution >= 4 is 11.5 Å². The van der Waals surface area contributed by atoms with Gasteiger partial charge >= 0.3 is 5.97 Å². The number of rotatable bonds is 7. The van der Waals surface area contributed by atoms with Crippen molar-refractivity contribution in [2.45, 2.75) is 78.6 Å². The van der Waals surface area contributed by atoms with E-state index in [4.69, 9.17) is 9.84 Å². The topological polar surface area (TPSA) is 46.5 Å². The molecule has 1 N–H and O–H groups in total. The number of aliphatic carboxylic acids is 1. The van der Waals surface area contributed by atoms with Crippen LogP contribution in [0.25, 0.3) is 5.57 Å². The number of carboxylic acid groups (broad SMARTS) is 1. The molecular weight excluding hydrogens is 360 g/mol. The Balaban J connectivity index is 2.53. The zero-order chi connectivity index (χ0) is 21.8. The normalized spacial score (nSPS) is 18.6. The molecule has 3 heteroatoms. The molecule has 1 aliphatic carbocycles. The van der Waals surface area contributed by atoms with Gasteiger partial charge in [0.05, 0.1) is 6.61 Å². The average molecular weight is 397 g/mol. The molecule has 2 rings (SSSR count). The van der Waals surface area contributed by atoms with Crippen LogP contribution >= 0.6 is 0 Å². The predicted octanol–water partition coefficient (Wildman–Crippen LogP) is 6.81. The van der Waals surface area contributed by atoms with E-state index in [1.807, 2.05) is 18.2 Å². The largest absolute Gasteiger partial charge is 0.493 e. The Morgan fingerprint density at radius 1 is 1.10 bits per heavy atom. The van der Waals surface area contributed by atoms with Crippen LogP contribution in [-0.4, -0.2) is 17.7 Å². The summed E-state index contributed by atoms with van der Waals surface area (Å²) in [6.45, 7) is 16.0. The van der Waals surface area contributed by atoms with E-state index in [0.29, 0.717) is 12.2 Å². The van der Waals surface area contributed by atoms with Crippen LogP contribution in [0, 0.1) is 0 Å². The highest BCUT2D eigenvalue weighted by Gasteiger charge is 2.38. The highest BCUT2D eigenvalue weighted by atomic mass is 16.5. The maximum Gasteiger partial charge on any atom is 0.328 e. The van der Waals surface area contributed by atoms with Crippen LogP contribution in [0.1, 0.15) is 84.4 Å². The summed E-state index contributed by atoms with van der Waals surface area (Å²) in [5.74, 6) is 0.0129. The summed E-state index contributed by atoms with van der Waals surface area (Å²) < 4.78 is 6.16. The fourth-order valence-corrected chi connectivity index (χ4v) is 3.91. The Morgan fingerprint density at radius 2 is 1.69 bits per heavy atom. The zero-order valence-electron chi connectivity index (χ0n) is 19.1. The minimum Gasteiger partial charge on any atom is -0.493 e. The molecule has 0 saturated heterocycles. The molecule has 29 heavy (non-hydrogen) atoms. The summed E-state index contributed by atoms with van der Waals surface area (Å²) in [6.07, 6.45) is 10.3. The summed E-state index contributed by atoms with van der Waals surface area (Å²) in [4.78, 5) is 10.8. The number of ether oxygens (including phenoxy) is 1. The molecule has 1 aromatic carbocycles. The van der Waals surface area contributed by atoms with Crippen molar-refractivity contribution in [1.29, 1.82) is 0 Å². The average Bonchev–Trinajstić information content (AvgIpc) is 2.62. The molecule has 0 bridgehead atoms. The summed E-state index contributed by atoms with van der Waals surface area (Å²) >= 11 is 0. The van der Waals surface area contributed by atoms with Gasteiger partial charge in [0.2, 0.25) is 0 Å². The van der Waals surface area contributed by atoms with Crippen LogP contribution in [-0.2, 0) is 15.6 Å². The minimum absolute atomic E-state index is 0.139. The van der Waals surface area contributed by atoms with Crippen LogP contribution in [0.2, 0.25) is 0 Å². The molecule has 1 aliphatic rings. The fourth-order valence-electron chi connectivity index (χ4n) is 3.91. The summed E-state index contributed by atoms with van der Waals surface area (Å²) in [6, 6.07) is 4.58. The number of fused-ring (bicyclic) bond motifs is 1. The minimum atomic E-state index is -0.928. The first kappa shape index (κ1) is 23.0. The van der Waals surface area contributed by atoms with Gasteiger partial charge in [0.1, 0.15) is 5.75 Å². The van der Waals surface area contributed by atoms with Gasteiger partial charge in [-0.05, 0) is 78.3 Å². The van der Waals surface area contributed by atoms with E-state index in [9.17, 15) is 4.79 Å². The molecule has 1 aromatic rings. The molecule has 0 saturated carbocycles. The van der Waals surface area contributed by atoms with Crippen molar-refractivity contribution in [2.24, 2.45) is 0 Å². The molecule has 0 spiro atoms. The quantitative estimate of drug-likeness (QED) is 0.406. The first-order valence-corrected chi connectivity index (χ1v) is 10.6. The van der Waals surface area contributed by atoms with Crippen molar-refractivity contribution in [3.63, 3.8) is 0 Å². The number of carboxylic acids is 1. The molecule has 0 unspecified atom stereocenters. The van der Waals surface area contributed by atoms with Gasteiger partial charge in [-0.2, -0.15) is 0 Å². The molecular formula is C26H36O3. The zero-order valence-corrected chi connectivity index (χ0v) is 19.1. The van der Waals surface area contributed by atoms with Gasteiger partial charge in [0.25, 0.3) is 0 Å². The molecule has 158 valence electrons. The lowest BCUT2D eigenvalue weighted by atomic mass is 9.62. The van der Waals surface area contributed by atoms with Gasteiger partial charge in [0.15, 0.2) is 0 Å². The second-order valence-corrected chi connectivity index (χ2v) is 9.45. The first-order chi connectivity index (χ1) is 13.5. The lowest BCUT2D eigenvalue weighted by Crippen LogP contribution is -2.34.